The molecule has 0 atom stereocenters. The number of aliphatic imine (C=N–C) groups is 1. The predicted molar refractivity (Wildman–Crippen MR) is 120 cm³/mol. The van der Waals surface area contributed by atoms with Gasteiger partial charge in [-0.05, 0) is 48.6 Å². The Morgan fingerprint density at radius 1 is 0.862 bits per heavy atom. The average Bonchev–Trinajstić information content (AvgIpc) is 2.93. The molecule has 0 unspecified atom stereocenters. The zero-order valence-corrected chi connectivity index (χ0v) is 16.7. The number of ether oxygens (including phenoxy) is 2. The van der Waals surface area contributed by atoms with E-state index >= 15 is 0 Å². The number of benzene rings is 3. The van der Waals surface area contributed by atoms with Gasteiger partial charge in [-0.1, -0.05) is 36.4 Å². The highest BCUT2D eigenvalue weighted by atomic mass is 16.5. The molecule has 0 saturated heterocycles. The normalized spacial score (nSPS) is 13.6. The Balaban J connectivity index is 1.60. The maximum Gasteiger partial charge on any atom is 0.134 e. The molecule has 1 aliphatic heterocycles. The number of para-hydroxylation sites is 2. The third kappa shape index (κ3) is 4.32. The van der Waals surface area contributed by atoms with Gasteiger partial charge in [0.15, 0.2) is 0 Å². The number of nitrogens with zero attached hydrogens (tertiary/aromatic N) is 2. The first-order chi connectivity index (χ1) is 14.2. The van der Waals surface area contributed by atoms with Gasteiger partial charge in [0.1, 0.15) is 17.2 Å². The summed E-state index contributed by atoms with van der Waals surface area (Å²) >= 11 is 0. The molecule has 3 aromatic carbocycles. The Hall–Kier alpha value is -3.53. The summed E-state index contributed by atoms with van der Waals surface area (Å²) in [6.07, 6.45) is 4.15. The number of likely N-dealkylation sites (N-methyl/N-ethyl adjacent to an activating group) is 1. The van der Waals surface area contributed by atoms with Crippen LogP contribution < -0.4 is 14.4 Å². The number of allylic oxidation sites excluding steroid dienone is 1. The van der Waals surface area contributed by atoms with Crippen molar-refractivity contribution in [2.24, 2.45) is 4.99 Å². The molecule has 0 amide bonds. The van der Waals surface area contributed by atoms with Crippen molar-refractivity contribution in [2.75, 3.05) is 32.1 Å². The molecule has 0 aromatic heterocycles. The molecule has 0 aliphatic carbocycles. The van der Waals surface area contributed by atoms with Gasteiger partial charge in [-0.2, -0.15) is 0 Å². The van der Waals surface area contributed by atoms with Crippen LogP contribution in [0.2, 0.25) is 0 Å². The quantitative estimate of drug-likeness (QED) is 0.587. The topological polar surface area (TPSA) is 34.1 Å². The van der Waals surface area contributed by atoms with Crippen molar-refractivity contribution in [3.8, 4) is 17.2 Å². The second-order valence-electron chi connectivity index (χ2n) is 6.85. The maximum atomic E-state index is 6.11. The minimum Gasteiger partial charge on any atom is -0.497 e. The smallest absolute Gasteiger partial charge is 0.134 e. The Labute approximate surface area is 171 Å². The van der Waals surface area contributed by atoms with Gasteiger partial charge in [-0.3, -0.25) is 4.99 Å². The fourth-order valence-corrected chi connectivity index (χ4v) is 3.34. The SMILES string of the molecule is COc1ccc(Oc2ccccc2C=CC2=NCCN(C)c3ccccc32)cc1. The number of hydrogen-bond acceptors (Lipinski definition) is 4. The van der Waals surface area contributed by atoms with Crippen LogP contribution in [0.25, 0.3) is 6.08 Å². The molecule has 0 bridgehead atoms. The Bertz CT molecular complexity index is 1040. The maximum absolute atomic E-state index is 6.11. The summed E-state index contributed by atoms with van der Waals surface area (Å²) in [5.41, 5.74) is 4.35. The van der Waals surface area contributed by atoms with Crippen LogP contribution in [0, 0.1) is 0 Å². The molecule has 29 heavy (non-hydrogen) atoms. The number of rotatable bonds is 5. The third-order valence-electron chi connectivity index (χ3n) is 4.94. The van der Waals surface area contributed by atoms with E-state index in [2.05, 4.69) is 48.4 Å². The first-order valence-corrected chi connectivity index (χ1v) is 9.68. The van der Waals surface area contributed by atoms with Crippen LogP contribution in [0.4, 0.5) is 5.69 Å². The zero-order valence-electron chi connectivity index (χ0n) is 16.7. The molecule has 0 saturated carbocycles. The molecule has 0 spiro atoms. The van der Waals surface area contributed by atoms with Crippen LogP contribution in [0.15, 0.2) is 83.9 Å². The van der Waals surface area contributed by atoms with Gasteiger partial charge in [0, 0.05) is 30.4 Å². The minimum absolute atomic E-state index is 0.769. The Morgan fingerprint density at radius 3 is 2.41 bits per heavy atom. The molecule has 4 heteroatoms. The highest BCUT2D eigenvalue weighted by Gasteiger charge is 2.13. The minimum atomic E-state index is 0.769. The van der Waals surface area contributed by atoms with Gasteiger partial charge in [0.25, 0.3) is 0 Å². The van der Waals surface area contributed by atoms with Gasteiger partial charge in [0.2, 0.25) is 0 Å². The molecule has 146 valence electrons. The number of hydrogen-bond donors (Lipinski definition) is 0. The van der Waals surface area contributed by atoms with Gasteiger partial charge >= 0.3 is 0 Å². The van der Waals surface area contributed by atoms with Crippen molar-refractivity contribution in [2.45, 2.75) is 0 Å². The number of benzodiazepines with no additional fused rings is 1. The molecule has 1 aliphatic rings. The standard InChI is InChI=1S/C25H24N2O2/c1-27-18-17-26-23(22-8-4-5-9-24(22)27)16-11-19-7-3-6-10-25(19)29-21-14-12-20(28-2)13-15-21/h3-16H,17-18H2,1-2H3. The lowest BCUT2D eigenvalue weighted by atomic mass is 10.1. The highest BCUT2D eigenvalue weighted by molar-refractivity contribution is 6.14. The highest BCUT2D eigenvalue weighted by Crippen LogP contribution is 2.28. The van der Waals surface area contributed by atoms with Crippen LogP contribution in [-0.4, -0.2) is 33.0 Å². The molecule has 1 heterocycles. The van der Waals surface area contributed by atoms with Crippen molar-refractivity contribution in [3.63, 3.8) is 0 Å². The first-order valence-electron chi connectivity index (χ1n) is 9.68. The van der Waals surface area contributed by atoms with Gasteiger partial charge in [-0.25, -0.2) is 0 Å². The molecular weight excluding hydrogens is 360 g/mol. The number of fused-ring (bicyclic) bond motifs is 1. The summed E-state index contributed by atoms with van der Waals surface area (Å²) in [7, 11) is 3.76. The first kappa shape index (κ1) is 18.8. The summed E-state index contributed by atoms with van der Waals surface area (Å²) in [4.78, 5) is 7.05. The summed E-state index contributed by atoms with van der Waals surface area (Å²) < 4.78 is 11.3. The number of anilines is 1. The van der Waals surface area contributed by atoms with Crippen LogP contribution in [0.5, 0.6) is 17.2 Å². The van der Waals surface area contributed by atoms with E-state index in [9.17, 15) is 0 Å². The van der Waals surface area contributed by atoms with Crippen molar-refractivity contribution >= 4 is 17.5 Å². The fourth-order valence-electron chi connectivity index (χ4n) is 3.34. The molecule has 3 aromatic rings. The predicted octanol–water partition coefficient (Wildman–Crippen LogP) is 5.44. The van der Waals surface area contributed by atoms with Crippen molar-refractivity contribution in [3.05, 3.63) is 90.0 Å². The van der Waals surface area contributed by atoms with E-state index in [-0.39, 0.29) is 0 Å². The number of methoxy groups -OCH3 is 1. The van der Waals surface area contributed by atoms with Crippen molar-refractivity contribution < 1.29 is 9.47 Å². The molecule has 4 nitrogen and oxygen atoms in total. The lowest BCUT2D eigenvalue weighted by molar-refractivity contribution is 0.413. The molecule has 0 radical (unpaired) electrons. The van der Waals surface area contributed by atoms with E-state index in [0.717, 1.165) is 47.2 Å². The zero-order chi connectivity index (χ0) is 20.1. The summed E-state index contributed by atoms with van der Waals surface area (Å²) in [6, 6.07) is 24.0. The van der Waals surface area contributed by atoms with E-state index in [4.69, 9.17) is 14.5 Å². The van der Waals surface area contributed by atoms with E-state index < -0.39 is 0 Å². The third-order valence-corrected chi connectivity index (χ3v) is 4.94. The lowest BCUT2D eigenvalue weighted by Crippen LogP contribution is -2.20. The summed E-state index contributed by atoms with van der Waals surface area (Å²) in [5, 5.41) is 0. The van der Waals surface area contributed by atoms with E-state index in [1.807, 2.05) is 48.5 Å². The van der Waals surface area contributed by atoms with Gasteiger partial charge in [0.05, 0.1) is 19.4 Å². The lowest BCUT2D eigenvalue weighted by Gasteiger charge is -2.18. The Morgan fingerprint density at radius 2 is 1.59 bits per heavy atom. The van der Waals surface area contributed by atoms with Gasteiger partial charge in [-0.15, -0.1) is 0 Å². The second kappa shape index (κ2) is 8.65. The summed E-state index contributed by atoms with van der Waals surface area (Å²) in [5.74, 6) is 2.37. The van der Waals surface area contributed by atoms with Crippen molar-refractivity contribution in [1.82, 2.24) is 0 Å². The van der Waals surface area contributed by atoms with Crippen LogP contribution in [0.3, 0.4) is 0 Å². The average molecular weight is 384 g/mol. The van der Waals surface area contributed by atoms with E-state index in [1.54, 1.807) is 7.11 Å². The summed E-state index contributed by atoms with van der Waals surface area (Å²) in [6.45, 7) is 1.68. The Kier molecular flexibility index (Phi) is 5.61. The second-order valence-corrected chi connectivity index (χ2v) is 6.85. The molecule has 4 rings (SSSR count). The molecular formula is C25H24N2O2. The fraction of sp³-hybridized carbons (Fsp3) is 0.160. The molecule has 0 fully saturated rings. The van der Waals surface area contributed by atoms with Gasteiger partial charge < -0.3 is 14.4 Å². The van der Waals surface area contributed by atoms with Crippen molar-refractivity contribution in [1.29, 1.82) is 0 Å². The van der Waals surface area contributed by atoms with E-state index in [0.29, 0.717) is 0 Å². The monoisotopic (exact) mass is 384 g/mol. The van der Waals surface area contributed by atoms with E-state index in [1.165, 1.54) is 5.69 Å². The largest absolute Gasteiger partial charge is 0.497 e. The van der Waals surface area contributed by atoms with Crippen LogP contribution in [-0.2, 0) is 0 Å². The molecule has 0 N–H and O–H groups in total. The van der Waals surface area contributed by atoms with Crippen LogP contribution >= 0.6 is 0 Å². The van der Waals surface area contributed by atoms with Crippen LogP contribution in [0.1, 0.15) is 11.1 Å².